The summed E-state index contributed by atoms with van der Waals surface area (Å²) >= 11 is 0. The summed E-state index contributed by atoms with van der Waals surface area (Å²) in [7, 11) is 1.55. The van der Waals surface area contributed by atoms with Gasteiger partial charge in [-0.15, -0.1) is 0 Å². The molecule has 0 fully saturated rings. The molecule has 0 saturated carbocycles. The first-order valence-corrected chi connectivity index (χ1v) is 6.61. The second-order valence-electron chi connectivity index (χ2n) is 4.53. The summed E-state index contributed by atoms with van der Waals surface area (Å²) in [5.74, 6) is 0.671. The van der Waals surface area contributed by atoms with Gasteiger partial charge in [-0.25, -0.2) is 0 Å². The first-order chi connectivity index (χ1) is 9.63. The van der Waals surface area contributed by atoms with Gasteiger partial charge >= 0.3 is 0 Å². The highest BCUT2D eigenvalue weighted by atomic mass is 16.6. The van der Waals surface area contributed by atoms with Crippen molar-refractivity contribution < 1.29 is 14.5 Å². The van der Waals surface area contributed by atoms with Crippen LogP contribution in [-0.2, 0) is 4.79 Å². The molecule has 1 N–H and O–H groups in total. The minimum absolute atomic E-state index is 0.318. The average molecular weight is 280 g/mol. The van der Waals surface area contributed by atoms with Gasteiger partial charge in [0, 0.05) is 11.3 Å². The zero-order valence-electron chi connectivity index (χ0n) is 11.7. The van der Waals surface area contributed by atoms with Crippen molar-refractivity contribution >= 4 is 6.41 Å². The summed E-state index contributed by atoms with van der Waals surface area (Å²) in [6.07, 6.45) is 2.57. The first-order valence-electron chi connectivity index (χ1n) is 6.61. The van der Waals surface area contributed by atoms with Gasteiger partial charge in [0.15, 0.2) is 0 Å². The molecule has 0 bridgehead atoms. The van der Waals surface area contributed by atoms with E-state index in [0.29, 0.717) is 24.1 Å². The van der Waals surface area contributed by atoms with Gasteiger partial charge in [-0.05, 0) is 24.1 Å². The predicted octanol–water partition coefficient (Wildman–Crippen LogP) is 2.32. The lowest BCUT2D eigenvalue weighted by atomic mass is 9.95. The Morgan fingerprint density at radius 3 is 2.50 bits per heavy atom. The minimum Gasteiger partial charge on any atom is -0.497 e. The van der Waals surface area contributed by atoms with Crippen LogP contribution in [0.25, 0.3) is 0 Å². The molecule has 0 aliphatic heterocycles. The number of carbonyl (C=O) groups is 1. The van der Waals surface area contributed by atoms with Crippen molar-refractivity contribution in [3.05, 3.63) is 39.9 Å². The maximum atomic E-state index is 11.2. The number of benzene rings is 1. The third kappa shape index (κ3) is 4.22. The molecule has 0 spiro atoms. The standard InChI is InChI=1S/C14H20N2O4/c1-3-4-5-13(16(18)19)14(15-10-17)11-6-8-12(20-2)9-7-11/h6-10,13-14H,3-5H2,1-2H3,(H,15,17)/t13-,14+/m0/s1. The molecule has 0 heterocycles. The molecule has 2 atom stereocenters. The van der Waals surface area contributed by atoms with E-state index in [9.17, 15) is 14.9 Å². The number of methoxy groups -OCH3 is 1. The smallest absolute Gasteiger partial charge is 0.237 e. The topological polar surface area (TPSA) is 81.5 Å². The Labute approximate surface area is 118 Å². The lowest BCUT2D eigenvalue weighted by Crippen LogP contribution is -2.36. The number of unbranched alkanes of at least 4 members (excludes halogenated alkanes) is 1. The lowest BCUT2D eigenvalue weighted by Gasteiger charge is -2.21. The number of ether oxygens (including phenoxy) is 1. The van der Waals surface area contributed by atoms with Crippen molar-refractivity contribution in [3.8, 4) is 5.75 Å². The van der Waals surface area contributed by atoms with Crippen LogP contribution in [-0.4, -0.2) is 24.5 Å². The molecule has 1 amide bonds. The highest BCUT2D eigenvalue weighted by molar-refractivity contribution is 5.48. The SMILES string of the molecule is CCCC[C@@H]([C@H](NC=O)c1ccc(OC)cc1)[N+](=O)[O-]. The van der Waals surface area contributed by atoms with Gasteiger partial charge in [-0.2, -0.15) is 0 Å². The van der Waals surface area contributed by atoms with Gasteiger partial charge in [0.05, 0.1) is 7.11 Å². The van der Waals surface area contributed by atoms with E-state index in [2.05, 4.69) is 5.32 Å². The predicted molar refractivity (Wildman–Crippen MR) is 75.2 cm³/mol. The van der Waals surface area contributed by atoms with Gasteiger partial charge in [-0.3, -0.25) is 14.9 Å². The summed E-state index contributed by atoms with van der Waals surface area (Å²) in [5, 5.41) is 13.8. The summed E-state index contributed by atoms with van der Waals surface area (Å²) in [6, 6.07) is 5.48. The van der Waals surface area contributed by atoms with E-state index in [4.69, 9.17) is 4.74 Å². The highest BCUT2D eigenvalue weighted by Gasteiger charge is 2.31. The molecule has 1 aromatic carbocycles. The molecule has 6 heteroatoms. The summed E-state index contributed by atoms with van der Waals surface area (Å²) < 4.78 is 5.06. The van der Waals surface area contributed by atoms with Crippen molar-refractivity contribution in [2.75, 3.05) is 7.11 Å². The number of rotatable bonds is 9. The third-order valence-electron chi connectivity index (χ3n) is 3.23. The zero-order chi connectivity index (χ0) is 15.0. The number of amides is 1. The molecule has 6 nitrogen and oxygen atoms in total. The van der Waals surface area contributed by atoms with Crippen molar-refractivity contribution in [1.29, 1.82) is 0 Å². The van der Waals surface area contributed by atoms with Crippen molar-refractivity contribution in [2.24, 2.45) is 0 Å². The van der Waals surface area contributed by atoms with Crippen LogP contribution in [0.15, 0.2) is 24.3 Å². The molecule has 0 radical (unpaired) electrons. The van der Waals surface area contributed by atoms with Gasteiger partial charge in [-0.1, -0.05) is 25.5 Å². The van der Waals surface area contributed by atoms with Gasteiger partial charge < -0.3 is 10.1 Å². The first kappa shape index (κ1) is 15.9. The van der Waals surface area contributed by atoms with E-state index in [0.717, 1.165) is 12.8 Å². The van der Waals surface area contributed by atoms with Crippen molar-refractivity contribution in [3.63, 3.8) is 0 Å². The van der Waals surface area contributed by atoms with Crippen LogP contribution in [0.3, 0.4) is 0 Å². The maximum Gasteiger partial charge on any atom is 0.237 e. The van der Waals surface area contributed by atoms with Crippen LogP contribution >= 0.6 is 0 Å². The van der Waals surface area contributed by atoms with Gasteiger partial charge in [0.25, 0.3) is 0 Å². The quantitative estimate of drug-likeness (QED) is 0.427. The number of hydrogen-bond acceptors (Lipinski definition) is 4. The van der Waals surface area contributed by atoms with Gasteiger partial charge in [0.1, 0.15) is 11.8 Å². The Bertz CT molecular complexity index is 433. The molecule has 20 heavy (non-hydrogen) atoms. The summed E-state index contributed by atoms with van der Waals surface area (Å²) in [6.45, 7) is 1.98. The van der Waals surface area contributed by atoms with E-state index < -0.39 is 12.1 Å². The van der Waals surface area contributed by atoms with E-state index in [1.807, 2.05) is 6.92 Å². The van der Waals surface area contributed by atoms with Crippen LogP contribution in [0.4, 0.5) is 0 Å². The number of nitrogens with one attached hydrogen (secondary N) is 1. The fraction of sp³-hybridized carbons (Fsp3) is 0.500. The molecule has 0 aliphatic rings. The minimum atomic E-state index is -0.825. The Morgan fingerprint density at radius 2 is 2.05 bits per heavy atom. The Hall–Kier alpha value is -2.11. The number of nitro groups is 1. The normalized spacial score (nSPS) is 13.3. The van der Waals surface area contributed by atoms with Crippen LogP contribution in [0.5, 0.6) is 5.75 Å². The molecule has 0 aliphatic carbocycles. The summed E-state index contributed by atoms with van der Waals surface area (Å²) in [5.41, 5.74) is 0.704. The van der Waals surface area contributed by atoms with Crippen LogP contribution in [0.1, 0.15) is 37.8 Å². The monoisotopic (exact) mass is 280 g/mol. The average Bonchev–Trinajstić information content (AvgIpc) is 2.46. The van der Waals surface area contributed by atoms with Crippen LogP contribution < -0.4 is 10.1 Å². The van der Waals surface area contributed by atoms with E-state index in [1.54, 1.807) is 31.4 Å². The second kappa shape index (κ2) is 8.14. The Balaban J connectivity index is 2.98. The molecule has 0 aromatic heterocycles. The number of nitrogens with zero attached hydrogens (tertiary/aromatic N) is 1. The molecular formula is C14H20N2O4. The van der Waals surface area contributed by atoms with Crippen LogP contribution in [0, 0.1) is 10.1 Å². The molecule has 1 rings (SSSR count). The molecule has 0 unspecified atom stereocenters. The second-order valence-corrected chi connectivity index (χ2v) is 4.53. The Morgan fingerprint density at radius 1 is 1.40 bits per heavy atom. The fourth-order valence-electron chi connectivity index (χ4n) is 2.12. The highest BCUT2D eigenvalue weighted by Crippen LogP contribution is 2.24. The molecular weight excluding hydrogens is 260 g/mol. The molecule has 0 saturated heterocycles. The van der Waals surface area contributed by atoms with Crippen LogP contribution in [0.2, 0.25) is 0 Å². The maximum absolute atomic E-state index is 11.2. The molecule has 1 aromatic rings. The fourth-order valence-corrected chi connectivity index (χ4v) is 2.12. The largest absolute Gasteiger partial charge is 0.497 e. The zero-order valence-corrected chi connectivity index (χ0v) is 11.7. The van der Waals surface area contributed by atoms with Gasteiger partial charge in [0.2, 0.25) is 12.5 Å². The summed E-state index contributed by atoms with van der Waals surface area (Å²) in [4.78, 5) is 21.7. The van der Waals surface area contributed by atoms with Crippen molar-refractivity contribution in [1.82, 2.24) is 5.32 Å². The van der Waals surface area contributed by atoms with E-state index >= 15 is 0 Å². The molecule has 110 valence electrons. The van der Waals surface area contributed by atoms with E-state index in [1.165, 1.54) is 0 Å². The van der Waals surface area contributed by atoms with E-state index in [-0.39, 0.29) is 4.92 Å². The van der Waals surface area contributed by atoms with Crippen molar-refractivity contribution in [2.45, 2.75) is 38.3 Å². The Kier molecular flexibility index (Phi) is 6.49. The third-order valence-corrected chi connectivity index (χ3v) is 3.23. The lowest BCUT2D eigenvalue weighted by molar-refractivity contribution is -0.528. The number of hydrogen-bond donors (Lipinski definition) is 1. The number of carbonyl (C=O) groups excluding carboxylic acids is 1.